The van der Waals surface area contributed by atoms with Gasteiger partial charge in [0.15, 0.2) is 0 Å². The van der Waals surface area contributed by atoms with E-state index in [-0.39, 0.29) is 0 Å². The predicted octanol–water partition coefficient (Wildman–Crippen LogP) is 1.00. The lowest BCUT2D eigenvalue weighted by Crippen LogP contribution is -2.58. The minimum atomic E-state index is -3.54. The molecule has 118 valence electrons. The van der Waals surface area contributed by atoms with Crippen LogP contribution in [0.15, 0.2) is 23.1 Å². The summed E-state index contributed by atoms with van der Waals surface area (Å²) in [6.45, 7) is 5.81. The molecule has 0 unspecified atom stereocenters. The summed E-state index contributed by atoms with van der Waals surface area (Å²) in [5.74, 6) is 0. The third kappa shape index (κ3) is 3.63. The largest absolute Gasteiger partial charge is 0.329 e. The highest BCUT2D eigenvalue weighted by Gasteiger charge is 2.37. The molecule has 0 radical (unpaired) electrons. The Balaban J connectivity index is 2.27. The summed E-state index contributed by atoms with van der Waals surface area (Å²) in [5.41, 5.74) is 7.18. The van der Waals surface area contributed by atoms with Crippen molar-refractivity contribution < 1.29 is 8.42 Å². The van der Waals surface area contributed by atoms with Gasteiger partial charge in [0, 0.05) is 12.1 Å². The van der Waals surface area contributed by atoms with E-state index >= 15 is 0 Å². The van der Waals surface area contributed by atoms with Gasteiger partial charge in [-0.15, -0.1) is 0 Å². The van der Waals surface area contributed by atoms with Crippen LogP contribution < -0.4 is 10.5 Å². The van der Waals surface area contributed by atoms with Crippen LogP contribution in [0.25, 0.3) is 0 Å². The minimum absolute atomic E-state index is 0.324. The van der Waals surface area contributed by atoms with Gasteiger partial charge >= 0.3 is 0 Å². The maximum absolute atomic E-state index is 12.7. The molecule has 1 aromatic carbocycles. The molecule has 0 atom stereocenters. The van der Waals surface area contributed by atoms with E-state index in [4.69, 9.17) is 5.73 Å². The second-order valence-electron chi connectivity index (χ2n) is 6.16. The van der Waals surface area contributed by atoms with Gasteiger partial charge in [-0.2, -0.15) is 0 Å². The number of piperidine rings is 1. The molecule has 1 aliphatic rings. The first kappa shape index (κ1) is 16.4. The lowest BCUT2D eigenvalue weighted by Gasteiger charge is -2.40. The van der Waals surface area contributed by atoms with E-state index in [1.165, 1.54) is 0 Å². The molecule has 1 fully saturated rings. The summed E-state index contributed by atoms with van der Waals surface area (Å²) < 4.78 is 28.3. The molecule has 0 aromatic heterocycles. The molecule has 2 rings (SSSR count). The molecule has 5 nitrogen and oxygen atoms in total. The smallest absolute Gasteiger partial charge is 0.241 e. The molecule has 0 aliphatic carbocycles. The Labute approximate surface area is 127 Å². The molecule has 0 bridgehead atoms. The van der Waals surface area contributed by atoms with Crippen molar-refractivity contribution in [1.29, 1.82) is 0 Å². The second kappa shape index (κ2) is 6.04. The number of hydrogen-bond acceptors (Lipinski definition) is 4. The van der Waals surface area contributed by atoms with Crippen LogP contribution in [0, 0.1) is 13.8 Å². The zero-order valence-corrected chi connectivity index (χ0v) is 13.8. The summed E-state index contributed by atoms with van der Waals surface area (Å²) >= 11 is 0. The van der Waals surface area contributed by atoms with Crippen LogP contribution in [0.4, 0.5) is 0 Å². The zero-order chi connectivity index (χ0) is 15.7. The number of likely N-dealkylation sites (tertiary alicyclic amines) is 1. The Kier molecular flexibility index (Phi) is 4.72. The number of rotatable bonds is 4. The highest BCUT2D eigenvalue weighted by atomic mass is 32.2. The fraction of sp³-hybridized carbons (Fsp3) is 0.600. The number of nitrogens with two attached hydrogens (primary N) is 1. The van der Waals surface area contributed by atoms with Crippen molar-refractivity contribution in [2.45, 2.75) is 37.1 Å². The van der Waals surface area contributed by atoms with Crippen LogP contribution in [0.3, 0.4) is 0 Å². The normalized spacial score (nSPS) is 19.6. The van der Waals surface area contributed by atoms with E-state index < -0.39 is 15.6 Å². The Morgan fingerprint density at radius 1 is 1.29 bits per heavy atom. The number of nitrogens with zero attached hydrogens (tertiary/aromatic N) is 1. The predicted molar refractivity (Wildman–Crippen MR) is 84.8 cm³/mol. The van der Waals surface area contributed by atoms with Gasteiger partial charge in [-0.25, -0.2) is 13.1 Å². The van der Waals surface area contributed by atoms with Crippen LogP contribution >= 0.6 is 0 Å². The average molecular weight is 311 g/mol. The fourth-order valence-corrected chi connectivity index (χ4v) is 4.53. The van der Waals surface area contributed by atoms with Crippen LogP contribution in [-0.2, 0) is 10.0 Å². The van der Waals surface area contributed by atoms with E-state index in [9.17, 15) is 8.42 Å². The highest BCUT2D eigenvalue weighted by Crippen LogP contribution is 2.25. The lowest BCUT2D eigenvalue weighted by atomic mass is 9.89. The first-order chi connectivity index (χ1) is 9.78. The molecular weight excluding hydrogens is 286 g/mol. The topological polar surface area (TPSA) is 75.4 Å². The van der Waals surface area contributed by atoms with Crippen molar-refractivity contribution in [3.8, 4) is 0 Å². The molecule has 1 aliphatic heterocycles. The molecule has 1 heterocycles. The van der Waals surface area contributed by atoms with Gasteiger partial charge in [0.25, 0.3) is 0 Å². The Hall–Kier alpha value is -0.950. The SMILES string of the molecule is Cc1ccc(S(=O)(=O)NC2(CN)CCN(C)CC2)c(C)c1. The van der Waals surface area contributed by atoms with Gasteiger partial charge in [0.1, 0.15) is 0 Å². The molecule has 0 amide bonds. The summed E-state index contributed by atoms with van der Waals surface area (Å²) in [5, 5.41) is 0. The number of hydrogen-bond donors (Lipinski definition) is 2. The van der Waals surface area contributed by atoms with Crippen molar-refractivity contribution in [3.63, 3.8) is 0 Å². The quantitative estimate of drug-likeness (QED) is 0.870. The molecule has 0 saturated carbocycles. The van der Waals surface area contributed by atoms with E-state index in [0.29, 0.717) is 11.4 Å². The molecule has 3 N–H and O–H groups in total. The molecule has 21 heavy (non-hydrogen) atoms. The van der Waals surface area contributed by atoms with Gasteiger partial charge in [0.05, 0.1) is 4.90 Å². The minimum Gasteiger partial charge on any atom is -0.329 e. The Morgan fingerprint density at radius 2 is 1.90 bits per heavy atom. The highest BCUT2D eigenvalue weighted by molar-refractivity contribution is 7.89. The molecule has 0 spiro atoms. The van der Waals surface area contributed by atoms with Crippen LogP contribution in [0.5, 0.6) is 0 Å². The van der Waals surface area contributed by atoms with Gasteiger partial charge < -0.3 is 10.6 Å². The molecule has 1 saturated heterocycles. The van der Waals surface area contributed by atoms with Crippen molar-refractivity contribution in [2.24, 2.45) is 5.73 Å². The van der Waals surface area contributed by atoms with Gasteiger partial charge in [0.2, 0.25) is 10.0 Å². The Morgan fingerprint density at radius 3 is 2.43 bits per heavy atom. The monoisotopic (exact) mass is 311 g/mol. The summed E-state index contributed by atoms with van der Waals surface area (Å²) in [6, 6.07) is 5.38. The van der Waals surface area contributed by atoms with E-state index in [1.807, 2.05) is 33.0 Å². The van der Waals surface area contributed by atoms with E-state index in [0.717, 1.165) is 37.1 Å². The summed E-state index contributed by atoms with van der Waals surface area (Å²) in [4.78, 5) is 2.54. The first-order valence-corrected chi connectivity index (χ1v) is 8.76. The fourth-order valence-electron chi connectivity index (χ4n) is 2.84. The van der Waals surface area contributed by atoms with Crippen LogP contribution in [0.1, 0.15) is 24.0 Å². The number of aryl methyl sites for hydroxylation is 2. The van der Waals surface area contributed by atoms with Gasteiger partial charge in [-0.3, -0.25) is 0 Å². The van der Waals surface area contributed by atoms with Crippen molar-refractivity contribution in [3.05, 3.63) is 29.3 Å². The zero-order valence-electron chi connectivity index (χ0n) is 13.0. The van der Waals surface area contributed by atoms with E-state index in [1.54, 1.807) is 6.07 Å². The maximum atomic E-state index is 12.7. The standard InChI is InChI=1S/C15H25N3O2S/c1-12-4-5-14(13(2)10-12)21(19,20)17-15(11-16)6-8-18(3)9-7-15/h4-5,10,17H,6-9,11,16H2,1-3H3. The Bertz CT molecular complexity index is 605. The second-order valence-corrected chi connectivity index (χ2v) is 7.81. The third-order valence-electron chi connectivity index (χ3n) is 4.31. The number of sulfonamides is 1. The summed E-state index contributed by atoms with van der Waals surface area (Å²) in [6.07, 6.45) is 1.48. The summed E-state index contributed by atoms with van der Waals surface area (Å²) in [7, 11) is -1.50. The third-order valence-corrected chi connectivity index (χ3v) is 6.04. The van der Waals surface area contributed by atoms with Crippen molar-refractivity contribution >= 4 is 10.0 Å². The van der Waals surface area contributed by atoms with Gasteiger partial charge in [-0.05, 0) is 58.5 Å². The molecular formula is C15H25N3O2S. The van der Waals surface area contributed by atoms with Gasteiger partial charge in [-0.1, -0.05) is 17.7 Å². The van der Waals surface area contributed by atoms with Crippen LogP contribution in [-0.4, -0.2) is 45.5 Å². The lowest BCUT2D eigenvalue weighted by molar-refractivity contribution is 0.182. The van der Waals surface area contributed by atoms with E-state index in [2.05, 4.69) is 9.62 Å². The number of benzene rings is 1. The van der Waals surface area contributed by atoms with Crippen LogP contribution in [0.2, 0.25) is 0 Å². The first-order valence-electron chi connectivity index (χ1n) is 7.28. The van der Waals surface area contributed by atoms with Crippen molar-refractivity contribution in [1.82, 2.24) is 9.62 Å². The number of nitrogens with one attached hydrogen (secondary N) is 1. The molecule has 1 aromatic rings. The van der Waals surface area contributed by atoms with Crippen molar-refractivity contribution in [2.75, 3.05) is 26.7 Å². The molecule has 6 heteroatoms. The average Bonchev–Trinajstić information content (AvgIpc) is 2.41. The maximum Gasteiger partial charge on any atom is 0.241 e.